The standard InChI is InChI=1S/C14H22O/c1-11-5-6-12(2)13(9-11)10-14(3,4)7-8-15/h5-6,9,15H,7-8,10H2,1-4H3. The summed E-state index contributed by atoms with van der Waals surface area (Å²) in [6, 6.07) is 6.59. The molecule has 1 N–H and O–H groups in total. The van der Waals surface area contributed by atoms with Gasteiger partial charge in [0.2, 0.25) is 0 Å². The van der Waals surface area contributed by atoms with Crippen molar-refractivity contribution in [2.75, 3.05) is 6.61 Å². The van der Waals surface area contributed by atoms with E-state index in [1.54, 1.807) is 0 Å². The first kappa shape index (κ1) is 12.3. The summed E-state index contributed by atoms with van der Waals surface area (Å²) >= 11 is 0. The molecule has 0 aliphatic rings. The van der Waals surface area contributed by atoms with Crippen LogP contribution in [-0.2, 0) is 6.42 Å². The fourth-order valence-corrected chi connectivity index (χ4v) is 1.90. The van der Waals surface area contributed by atoms with E-state index in [2.05, 4.69) is 45.9 Å². The number of hydrogen-bond acceptors (Lipinski definition) is 1. The van der Waals surface area contributed by atoms with Crippen LogP contribution in [0.25, 0.3) is 0 Å². The third kappa shape index (κ3) is 3.67. The van der Waals surface area contributed by atoms with E-state index in [0.29, 0.717) is 0 Å². The Morgan fingerprint density at radius 3 is 2.47 bits per heavy atom. The predicted molar refractivity (Wildman–Crippen MR) is 65.1 cm³/mol. The lowest BCUT2D eigenvalue weighted by atomic mass is 9.81. The molecule has 0 spiro atoms. The zero-order chi connectivity index (χ0) is 11.5. The molecule has 1 nitrogen and oxygen atoms in total. The van der Waals surface area contributed by atoms with E-state index in [1.807, 2.05) is 0 Å². The van der Waals surface area contributed by atoms with Crippen molar-refractivity contribution in [1.82, 2.24) is 0 Å². The number of rotatable bonds is 4. The molecule has 0 bridgehead atoms. The maximum atomic E-state index is 9.00. The van der Waals surface area contributed by atoms with Gasteiger partial charge in [-0.2, -0.15) is 0 Å². The number of hydrogen-bond donors (Lipinski definition) is 1. The number of aryl methyl sites for hydroxylation is 2. The van der Waals surface area contributed by atoms with Crippen molar-refractivity contribution in [3.05, 3.63) is 34.9 Å². The maximum absolute atomic E-state index is 9.00. The van der Waals surface area contributed by atoms with Crippen LogP contribution in [0.1, 0.15) is 37.0 Å². The van der Waals surface area contributed by atoms with Crippen LogP contribution < -0.4 is 0 Å². The second kappa shape index (κ2) is 4.80. The Balaban J connectivity index is 2.83. The van der Waals surface area contributed by atoms with Crippen molar-refractivity contribution in [2.45, 2.75) is 40.5 Å². The highest BCUT2D eigenvalue weighted by molar-refractivity contribution is 5.31. The average Bonchev–Trinajstić information content (AvgIpc) is 2.10. The molecule has 0 fully saturated rings. The van der Waals surface area contributed by atoms with Gasteiger partial charge in [-0.3, -0.25) is 0 Å². The normalized spacial score (nSPS) is 11.8. The van der Waals surface area contributed by atoms with Gasteiger partial charge in [-0.05, 0) is 43.2 Å². The van der Waals surface area contributed by atoms with E-state index < -0.39 is 0 Å². The molecular weight excluding hydrogens is 184 g/mol. The molecule has 0 radical (unpaired) electrons. The Labute approximate surface area is 93.1 Å². The second-order valence-electron chi connectivity index (χ2n) is 5.24. The van der Waals surface area contributed by atoms with Gasteiger partial charge in [-0.25, -0.2) is 0 Å². The summed E-state index contributed by atoms with van der Waals surface area (Å²) in [5, 5.41) is 9.00. The first-order valence-corrected chi connectivity index (χ1v) is 5.61. The number of aliphatic hydroxyl groups excluding tert-OH is 1. The summed E-state index contributed by atoms with van der Waals surface area (Å²) in [6.07, 6.45) is 1.90. The third-order valence-corrected chi connectivity index (χ3v) is 2.96. The molecule has 84 valence electrons. The maximum Gasteiger partial charge on any atom is 0.0436 e. The summed E-state index contributed by atoms with van der Waals surface area (Å²) < 4.78 is 0. The fraction of sp³-hybridized carbons (Fsp3) is 0.571. The van der Waals surface area contributed by atoms with Gasteiger partial charge in [0, 0.05) is 6.61 Å². The lowest BCUT2D eigenvalue weighted by molar-refractivity contribution is 0.210. The lowest BCUT2D eigenvalue weighted by Crippen LogP contribution is -2.17. The molecule has 0 aromatic heterocycles. The summed E-state index contributed by atoms with van der Waals surface area (Å²) in [5.74, 6) is 0. The van der Waals surface area contributed by atoms with E-state index in [1.165, 1.54) is 16.7 Å². The minimum absolute atomic E-state index is 0.188. The Bertz CT molecular complexity index is 326. The van der Waals surface area contributed by atoms with Crippen LogP contribution in [0.3, 0.4) is 0 Å². The molecule has 0 unspecified atom stereocenters. The largest absolute Gasteiger partial charge is 0.396 e. The molecule has 1 rings (SSSR count). The first-order valence-electron chi connectivity index (χ1n) is 5.61. The van der Waals surface area contributed by atoms with Gasteiger partial charge in [-0.1, -0.05) is 37.6 Å². The minimum Gasteiger partial charge on any atom is -0.396 e. The van der Waals surface area contributed by atoms with Crippen molar-refractivity contribution in [3.63, 3.8) is 0 Å². The van der Waals surface area contributed by atoms with E-state index in [0.717, 1.165) is 12.8 Å². The molecule has 1 aromatic rings. The van der Waals surface area contributed by atoms with Crippen LogP contribution in [-0.4, -0.2) is 11.7 Å². The van der Waals surface area contributed by atoms with Gasteiger partial charge in [0.05, 0.1) is 0 Å². The van der Waals surface area contributed by atoms with Crippen molar-refractivity contribution >= 4 is 0 Å². The molecule has 0 atom stereocenters. The van der Waals surface area contributed by atoms with Crippen LogP contribution in [0, 0.1) is 19.3 Å². The Hall–Kier alpha value is -0.820. The first-order chi connectivity index (χ1) is 6.94. The van der Waals surface area contributed by atoms with E-state index in [9.17, 15) is 0 Å². The molecule has 15 heavy (non-hydrogen) atoms. The van der Waals surface area contributed by atoms with Crippen LogP contribution in [0.15, 0.2) is 18.2 Å². The molecule has 0 saturated carbocycles. The summed E-state index contributed by atoms with van der Waals surface area (Å²) in [4.78, 5) is 0. The predicted octanol–water partition coefficient (Wildman–Crippen LogP) is 3.25. The van der Waals surface area contributed by atoms with Crippen LogP contribution in [0.4, 0.5) is 0 Å². The number of benzene rings is 1. The van der Waals surface area contributed by atoms with Crippen molar-refractivity contribution in [1.29, 1.82) is 0 Å². The Morgan fingerprint density at radius 2 is 1.87 bits per heavy atom. The second-order valence-corrected chi connectivity index (χ2v) is 5.24. The highest BCUT2D eigenvalue weighted by atomic mass is 16.3. The molecule has 1 aromatic carbocycles. The van der Waals surface area contributed by atoms with Gasteiger partial charge in [-0.15, -0.1) is 0 Å². The van der Waals surface area contributed by atoms with Crippen molar-refractivity contribution in [2.24, 2.45) is 5.41 Å². The molecule has 0 aliphatic carbocycles. The molecule has 0 aliphatic heterocycles. The topological polar surface area (TPSA) is 20.2 Å². The van der Waals surface area contributed by atoms with Crippen molar-refractivity contribution in [3.8, 4) is 0 Å². The van der Waals surface area contributed by atoms with Gasteiger partial charge in [0.1, 0.15) is 0 Å². The summed E-state index contributed by atoms with van der Waals surface area (Å²) in [7, 11) is 0. The SMILES string of the molecule is Cc1ccc(C)c(CC(C)(C)CCO)c1. The monoisotopic (exact) mass is 206 g/mol. The summed E-state index contributed by atoms with van der Waals surface area (Å²) in [6.45, 7) is 8.99. The highest BCUT2D eigenvalue weighted by Gasteiger charge is 2.18. The molecule has 1 heteroatoms. The smallest absolute Gasteiger partial charge is 0.0436 e. The Morgan fingerprint density at radius 1 is 1.20 bits per heavy atom. The van der Waals surface area contributed by atoms with Crippen LogP contribution in [0.2, 0.25) is 0 Å². The minimum atomic E-state index is 0.188. The van der Waals surface area contributed by atoms with Crippen LogP contribution >= 0.6 is 0 Å². The summed E-state index contributed by atoms with van der Waals surface area (Å²) in [5.41, 5.74) is 4.27. The molecule has 0 amide bonds. The van der Waals surface area contributed by atoms with Crippen LogP contribution in [0.5, 0.6) is 0 Å². The lowest BCUT2D eigenvalue weighted by Gasteiger charge is -2.24. The highest BCUT2D eigenvalue weighted by Crippen LogP contribution is 2.27. The third-order valence-electron chi connectivity index (χ3n) is 2.96. The van der Waals surface area contributed by atoms with E-state index in [4.69, 9.17) is 5.11 Å². The quantitative estimate of drug-likeness (QED) is 0.801. The number of aliphatic hydroxyl groups is 1. The van der Waals surface area contributed by atoms with Gasteiger partial charge in [0.15, 0.2) is 0 Å². The molecule has 0 heterocycles. The average molecular weight is 206 g/mol. The van der Waals surface area contributed by atoms with E-state index >= 15 is 0 Å². The van der Waals surface area contributed by atoms with E-state index in [-0.39, 0.29) is 12.0 Å². The Kier molecular flexibility index (Phi) is 3.92. The molecule has 0 saturated heterocycles. The van der Waals surface area contributed by atoms with Crippen molar-refractivity contribution < 1.29 is 5.11 Å². The molecular formula is C14H22O. The van der Waals surface area contributed by atoms with Gasteiger partial charge >= 0.3 is 0 Å². The van der Waals surface area contributed by atoms with Gasteiger partial charge in [0.25, 0.3) is 0 Å². The zero-order valence-electron chi connectivity index (χ0n) is 10.3. The fourth-order valence-electron chi connectivity index (χ4n) is 1.90. The van der Waals surface area contributed by atoms with Gasteiger partial charge < -0.3 is 5.11 Å². The zero-order valence-corrected chi connectivity index (χ0v) is 10.3.